The normalized spacial score (nSPS) is 11.7. The Bertz CT molecular complexity index is 617. The summed E-state index contributed by atoms with van der Waals surface area (Å²) in [7, 11) is 1.61. The van der Waals surface area contributed by atoms with Crippen molar-refractivity contribution < 1.29 is 14.6 Å². The van der Waals surface area contributed by atoms with Crippen LogP contribution in [0.15, 0.2) is 48.5 Å². The van der Waals surface area contributed by atoms with Crippen LogP contribution in [-0.2, 0) is 4.74 Å². The predicted octanol–water partition coefficient (Wildman–Crippen LogP) is 2.67. The van der Waals surface area contributed by atoms with E-state index in [1.54, 1.807) is 31.4 Å². The molecule has 2 aromatic carbocycles. The summed E-state index contributed by atoms with van der Waals surface area (Å²) in [6.45, 7) is 0.912. The van der Waals surface area contributed by atoms with Crippen LogP contribution in [-0.4, -0.2) is 25.4 Å². The molecule has 4 heteroatoms. The first-order chi connectivity index (χ1) is 10.3. The van der Waals surface area contributed by atoms with Gasteiger partial charge in [0, 0.05) is 12.7 Å². The molecule has 0 aliphatic rings. The molecular weight excluding hydrogens is 266 g/mol. The Morgan fingerprint density at radius 2 is 1.81 bits per heavy atom. The summed E-state index contributed by atoms with van der Waals surface area (Å²) < 4.78 is 10.6. The lowest BCUT2D eigenvalue weighted by Gasteiger charge is -2.16. The topological polar surface area (TPSA) is 62.5 Å². The van der Waals surface area contributed by atoms with Crippen LogP contribution >= 0.6 is 0 Å². The van der Waals surface area contributed by atoms with Crippen molar-refractivity contribution in [2.75, 3.05) is 20.3 Å². The van der Waals surface area contributed by atoms with E-state index in [9.17, 15) is 5.11 Å². The molecule has 1 unspecified atom stereocenters. The summed E-state index contributed by atoms with van der Waals surface area (Å²) in [6, 6.07) is 16.3. The van der Waals surface area contributed by atoms with E-state index in [2.05, 4.69) is 6.07 Å². The van der Waals surface area contributed by atoms with Gasteiger partial charge in [0.25, 0.3) is 0 Å². The average molecular weight is 283 g/mol. The van der Waals surface area contributed by atoms with Crippen LogP contribution in [0.25, 0.3) is 0 Å². The van der Waals surface area contributed by atoms with Gasteiger partial charge in [-0.15, -0.1) is 0 Å². The van der Waals surface area contributed by atoms with Gasteiger partial charge in [0.1, 0.15) is 18.5 Å². The average Bonchev–Trinajstić information content (AvgIpc) is 2.55. The highest BCUT2D eigenvalue weighted by Crippen LogP contribution is 2.29. The molecule has 0 saturated heterocycles. The number of ether oxygens (including phenoxy) is 2. The van der Waals surface area contributed by atoms with E-state index in [0.29, 0.717) is 30.1 Å². The lowest BCUT2D eigenvalue weighted by Crippen LogP contribution is -2.08. The third-order valence-electron chi connectivity index (χ3n) is 3.11. The van der Waals surface area contributed by atoms with Gasteiger partial charge in [0.05, 0.1) is 18.2 Å². The number of aliphatic hydroxyl groups excluding tert-OH is 1. The molecule has 0 radical (unpaired) electrons. The van der Waals surface area contributed by atoms with E-state index < -0.39 is 6.10 Å². The molecule has 2 rings (SSSR count). The Labute approximate surface area is 124 Å². The highest BCUT2D eigenvalue weighted by Gasteiger charge is 2.15. The van der Waals surface area contributed by atoms with Crippen molar-refractivity contribution in [2.24, 2.45) is 0 Å². The van der Waals surface area contributed by atoms with Gasteiger partial charge in [0.2, 0.25) is 0 Å². The van der Waals surface area contributed by atoms with Gasteiger partial charge < -0.3 is 14.6 Å². The lowest BCUT2D eigenvalue weighted by molar-refractivity contribution is 0.142. The molecular formula is C17H17NO3. The Kier molecular flexibility index (Phi) is 5.33. The van der Waals surface area contributed by atoms with Crippen LogP contribution in [0.1, 0.15) is 22.8 Å². The minimum absolute atomic E-state index is 0.424. The second-order valence-electron chi connectivity index (χ2n) is 4.52. The highest BCUT2D eigenvalue weighted by atomic mass is 16.5. The molecule has 2 aromatic rings. The molecule has 0 aliphatic carbocycles. The number of hydrogen-bond donors (Lipinski definition) is 1. The monoisotopic (exact) mass is 283 g/mol. The minimum Gasteiger partial charge on any atom is -0.491 e. The molecule has 0 saturated carbocycles. The fraction of sp³-hybridized carbons (Fsp3) is 0.235. The number of para-hydroxylation sites is 1. The minimum atomic E-state index is -0.795. The zero-order chi connectivity index (χ0) is 15.1. The third kappa shape index (κ3) is 3.82. The van der Waals surface area contributed by atoms with Crippen molar-refractivity contribution in [1.29, 1.82) is 5.26 Å². The van der Waals surface area contributed by atoms with Crippen LogP contribution in [0.4, 0.5) is 0 Å². The molecule has 0 aromatic heterocycles. The molecule has 0 heterocycles. The van der Waals surface area contributed by atoms with E-state index in [-0.39, 0.29) is 0 Å². The largest absolute Gasteiger partial charge is 0.491 e. The van der Waals surface area contributed by atoms with E-state index in [1.165, 1.54) is 0 Å². The van der Waals surface area contributed by atoms with Gasteiger partial charge >= 0.3 is 0 Å². The van der Waals surface area contributed by atoms with E-state index in [4.69, 9.17) is 14.7 Å². The van der Waals surface area contributed by atoms with Crippen molar-refractivity contribution in [2.45, 2.75) is 6.10 Å². The number of nitrogens with zero attached hydrogens (tertiary/aromatic N) is 1. The standard InChI is InChI=1S/C17H17NO3/c1-20-10-11-21-16-5-3-2-4-15(16)17(19)14-8-6-13(12-18)7-9-14/h2-9,17,19H,10-11H2,1H3. The number of aliphatic hydroxyl groups is 1. The number of benzene rings is 2. The Hall–Kier alpha value is -2.35. The van der Waals surface area contributed by atoms with E-state index in [0.717, 1.165) is 5.56 Å². The van der Waals surface area contributed by atoms with Crippen molar-refractivity contribution in [3.8, 4) is 11.8 Å². The second-order valence-corrected chi connectivity index (χ2v) is 4.52. The summed E-state index contributed by atoms with van der Waals surface area (Å²) in [6.07, 6.45) is -0.795. The maximum atomic E-state index is 10.5. The molecule has 1 atom stereocenters. The van der Waals surface area contributed by atoms with E-state index in [1.807, 2.05) is 24.3 Å². The number of hydrogen-bond acceptors (Lipinski definition) is 4. The predicted molar refractivity (Wildman–Crippen MR) is 79.0 cm³/mol. The summed E-state index contributed by atoms with van der Waals surface area (Å²) in [5.41, 5.74) is 1.98. The first kappa shape index (κ1) is 15.0. The molecule has 0 spiro atoms. The maximum Gasteiger partial charge on any atom is 0.125 e. The highest BCUT2D eigenvalue weighted by molar-refractivity contribution is 5.42. The lowest BCUT2D eigenvalue weighted by atomic mass is 10.00. The molecule has 0 aliphatic heterocycles. The maximum absolute atomic E-state index is 10.5. The summed E-state index contributed by atoms with van der Waals surface area (Å²) >= 11 is 0. The molecule has 0 amide bonds. The van der Waals surface area contributed by atoms with Crippen molar-refractivity contribution in [3.63, 3.8) is 0 Å². The smallest absolute Gasteiger partial charge is 0.125 e. The molecule has 108 valence electrons. The molecule has 0 fully saturated rings. The first-order valence-electron chi connectivity index (χ1n) is 6.65. The van der Waals surface area contributed by atoms with Gasteiger partial charge in [-0.3, -0.25) is 0 Å². The number of rotatable bonds is 6. The Balaban J connectivity index is 2.21. The Morgan fingerprint density at radius 3 is 2.48 bits per heavy atom. The SMILES string of the molecule is COCCOc1ccccc1C(O)c1ccc(C#N)cc1. The van der Waals surface area contributed by atoms with E-state index >= 15 is 0 Å². The molecule has 1 N–H and O–H groups in total. The fourth-order valence-electron chi connectivity index (χ4n) is 1.99. The van der Waals surface area contributed by atoms with Crippen molar-refractivity contribution >= 4 is 0 Å². The fourth-order valence-corrected chi connectivity index (χ4v) is 1.99. The zero-order valence-electron chi connectivity index (χ0n) is 11.8. The van der Waals surface area contributed by atoms with Crippen molar-refractivity contribution in [3.05, 3.63) is 65.2 Å². The van der Waals surface area contributed by atoms with Gasteiger partial charge in [-0.1, -0.05) is 30.3 Å². The van der Waals surface area contributed by atoms with Crippen LogP contribution in [0, 0.1) is 11.3 Å². The summed E-state index contributed by atoms with van der Waals surface area (Å²) in [5, 5.41) is 19.3. The molecule has 4 nitrogen and oxygen atoms in total. The summed E-state index contributed by atoms with van der Waals surface area (Å²) in [4.78, 5) is 0. The molecule has 21 heavy (non-hydrogen) atoms. The van der Waals surface area contributed by atoms with Gasteiger partial charge in [-0.25, -0.2) is 0 Å². The third-order valence-corrected chi connectivity index (χ3v) is 3.11. The zero-order valence-corrected chi connectivity index (χ0v) is 11.8. The number of nitriles is 1. The quantitative estimate of drug-likeness (QED) is 0.828. The van der Waals surface area contributed by atoms with Gasteiger partial charge in [0.15, 0.2) is 0 Å². The van der Waals surface area contributed by atoms with Crippen LogP contribution < -0.4 is 4.74 Å². The summed E-state index contributed by atoms with van der Waals surface area (Å²) in [5.74, 6) is 0.631. The van der Waals surface area contributed by atoms with Gasteiger partial charge in [-0.2, -0.15) is 5.26 Å². The second kappa shape index (κ2) is 7.44. The van der Waals surface area contributed by atoms with Gasteiger partial charge in [-0.05, 0) is 23.8 Å². The number of methoxy groups -OCH3 is 1. The first-order valence-corrected chi connectivity index (χ1v) is 6.65. The van der Waals surface area contributed by atoms with Crippen LogP contribution in [0.5, 0.6) is 5.75 Å². The molecule has 0 bridgehead atoms. The van der Waals surface area contributed by atoms with Crippen molar-refractivity contribution in [1.82, 2.24) is 0 Å². The van der Waals surface area contributed by atoms with Crippen LogP contribution in [0.2, 0.25) is 0 Å². The van der Waals surface area contributed by atoms with Crippen LogP contribution in [0.3, 0.4) is 0 Å². The Morgan fingerprint density at radius 1 is 1.10 bits per heavy atom.